The second-order valence-electron chi connectivity index (χ2n) is 3.93. The Morgan fingerprint density at radius 1 is 1.21 bits per heavy atom. The van der Waals surface area contributed by atoms with E-state index in [0.717, 1.165) is 0 Å². The molecule has 4 nitrogen and oxygen atoms in total. The van der Waals surface area contributed by atoms with Crippen LogP contribution in [0.1, 0.15) is 6.92 Å². The van der Waals surface area contributed by atoms with Crippen LogP contribution in [0.4, 0.5) is 5.69 Å². The summed E-state index contributed by atoms with van der Waals surface area (Å²) in [6, 6.07) is 12.8. The smallest absolute Gasteiger partial charge is 0.254 e. The van der Waals surface area contributed by atoms with Gasteiger partial charge in [0.05, 0.1) is 18.1 Å². The molecule has 0 aliphatic carbocycles. The van der Waals surface area contributed by atoms with Crippen LogP contribution in [0.2, 0.25) is 0 Å². The Bertz CT molecular complexity index is 565. The van der Waals surface area contributed by atoms with E-state index < -0.39 is 0 Å². The lowest BCUT2D eigenvalue weighted by Gasteiger charge is -2.05. The number of para-hydroxylation sites is 1. The van der Waals surface area contributed by atoms with Crippen LogP contribution in [0.3, 0.4) is 0 Å². The van der Waals surface area contributed by atoms with Gasteiger partial charge in [-0.3, -0.25) is 9.78 Å². The summed E-state index contributed by atoms with van der Waals surface area (Å²) in [6.07, 6.45) is 4.67. The number of hydrogen-bond donors (Lipinski definition) is 1. The average Bonchev–Trinajstić information content (AvgIpc) is 2.47. The van der Waals surface area contributed by atoms with Crippen molar-refractivity contribution in [1.82, 2.24) is 4.98 Å². The quantitative estimate of drug-likeness (QED) is 0.674. The minimum Gasteiger partial charge on any atom is -0.465 e. The fraction of sp³-hybridized carbons (Fsp3) is 0.0667. The summed E-state index contributed by atoms with van der Waals surface area (Å²) in [7, 11) is 0. The van der Waals surface area contributed by atoms with E-state index in [4.69, 9.17) is 4.74 Å². The van der Waals surface area contributed by atoms with Crippen molar-refractivity contribution in [3.63, 3.8) is 0 Å². The minimum absolute atomic E-state index is 0.219. The number of benzene rings is 1. The second-order valence-corrected chi connectivity index (χ2v) is 3.93. The molecule has 0 aliphatic heterocycles. The Morgan fingerprint density at radius 2 is 2.00 bits per heavy atom. The van der Waals surface area contributed by atoms with E-state index in [2.05, 4.69) is 10.3 Å². The highest BCUT2D eigenvalue weighted by molar-refractivity contribution is 6.02. The van der Waals surface area contributed by atoms with Gasteiger partial charge in [0.25, 0.3) is 5.91 Å². The summed E-state index contributed by atoms with van der Waals surface area (Å²) in [5.41, 5.74) is 1.13. The topological polar surface area (TPSA) is 51.2 Å². The zero-order chi connectivity index (χ0) is 13.5. The number of anilines is 1. The first-order valence-electron chi connectivity index (χ1n) is 5.85. The number of ether oxygens (including phenoxy) is 1. The average molecular weight is 254 g/mol. The molecular formula is C15H14N2O2. The van der Waals surface area contributed by atoms with E-state index in [1.165, 1.54) is 6.26 Å². The van der Waals surface area contributed by atoms with E-state index in [1.54, 1.807) is 31.5 Å². The first kappa shape index (κ1) is 12.8. The number of pyridine rings is 1. The molecule has 1 heterocycles. The van der Waals surface area contributed by atoms with Crippen LogP contribution in [-0.2, 0) is 4.79 Å². The third-order valence-electron chi connectivity index (χ3n) is 2.39. The highest BCUT2D eigenvalue weighted by atomic mass is 16.5. The number of nitrogens with zero attached hydrogens (tertiary/aromatic N) is 1. The number of hydrogen-bond acceptors (Lipinski definition) is 3. The summed E-state index contributed by atoms with van der Waals surface area (Å²) >= 11 is 0. The number of rotatable bonds is 4. The lowest BCUT2D eigenvalue weighted by molar-refractivity contribution is -0.112. The predicted octanol–water partition coefficient (Wildman–Crippen LogP) is 3.00. The molecule has 0 fully saturated rings. The fourth-order valence-corrected chi connectivity index (χ4v) is 1.38. The van der Waals surface area contributed by atoms with Crippen LogP contribution in [0.25, 0.3) is 0 Å². The maximum absolute atomic E-state index is 11.8. The van der Waals surface area contributed by atoms with Crippen molar-refractivity contribution in [1.29, 1.82) is 0 Å². The summed E-state index contributed by atoms with van der Waals surface area (Å²) < 4.78 is 5.39. The van der Waals surface area contributed by atoms with Crippen molar-refractivity contribution in [3.8, 4) is 5.75 Å². The van der Waals surface area contributed by atoms with Crippen LogP contribution in [0, 0.1) is 0 Å². The molecule has 1 amide bonds. The zero-order valence-corrected chi connectivity index (χ0v) is 10.5. The molecule has 2 rings (SSSR count). The summed E-state index contributed by atoms with van der Waals surface area (Å²) in [5, 5.41) is 2.73. The fourth-order valence-electron chi connectivity index (χ4n) is 1.38. The van der Waals surface area contributed by atoms with Gasteiger partial charge in [-0.05, 0) is 31.2 Å². The molecule has 96 valence electrons. The Hall–Kier alpha value is -2.62. The van der Waals surface area contributed by atoms with E-state index >= 15 is 0 Å². The Labute approximate surface area is 111 Å². The maximum atomic E-state index is 11.8. The summed E-state index contributed by atoms with van der Waals surface area (Å²) in [6.45, 7) is 1.69. The van der Waals surface area contributed by atoms with E-state index in [1.807, 2.05) is 30.3 Å². The van der Waals surface area contributed by atoms with Crippen molar-refractivity contribution in [2.75, 3.05) is 5.32 Å². The highest BCUT2D eigenvalue weighted by Crippen LogP contribution is 2.10. The van der Waals surface area contributed by atoms with Gasteiger partial charge in [-0.1, -0.05) is 18.2 Å². The number of nitrogens with one attached hydrogen (secondary N) is 1. The largest absolute Gasteiger partial charge is 0.465 e. The molecule has 4 heteroatoms. The van der Waals surface area contributed by atoms with Gasteiger partial charge < -0.3 is 10.1 Å². The molecule has 1 aromatic carbocycles. The van der Waals surface area contributed by atoms with Gasteiger partial charge in [0, 0.05) is 11.8 Å². The van der Waals surface area contributed by atoms with Gasteiger partial charge in [0.1, 0.15) is 5.75 Å². The summed E-state index contributed by atoms with van der Waals surface area (Å²) in [5.74, 6) is 0.472. The lowest BCUT2D eigenvalue weighted by atomic mass is 10.3. The third kappa shape index (κ3) is 3.96. The Morgan fingerprint density at radius 3 is 2.68 bits per heavy atom. The molecule has 0 saturated carbocycles. The molecule has 1 aromatic heterocycles. The summed E-state index contributed by atoms with van der Waals surface area (Å²) in [4.78, 5) is 15.8. The number of carbonyl (C=O) groups is 1. The maximum Gasteiger partial charge on any atom is 0.254 e. The monoisotopic (exact) mass is 254 g/mol. The molecule has 0 atom stereocenters. The zero-order valence-electron chi connectivity index (χ0n) is 10.5. The van der Waals surface area contributed by atoms with E-state index in [-0.39, 0.29) is 5.91 Å². The van der Waals surface area contributed by atoms with Crippen molar-refractivity contribution < 1.29 is 9.53 Å². The Balaban J connectivity index is 1.95. The van der Waals surface area contributed by atoms with Crippen molar-refractivity contribution in [2.45, 2.75) is 6.92 Å². The van der Waals surface area contributed by atoms with Crippen LogP contribution in [0.5, 0.6) is 5.75 Å². The normalized spacial score (nSPS) is 10.9. The molecule has 19 heavy (non-hydrogen) atoms. The van der Waals surface area contributed by atoms with Gasteiger partial charge >= 0.3 is 0 Å². The van der Waals surface area contributed by atoms with Gasteiger partial charge in [-0.2, -0.15) is 0 Å². The SMILES string of the molecule is C/C(=C\Oc1ccccc1)C(=O)Nc1cccnc1. The molecule has 2 aromatic rings. The van der Waals surface area contributed by atoms with Crippen molar-refractivity contribution >= 4 is 11.6 Å². The van der Waals surface area contributed by atoms with Crippen LogP contribution >= 0.6 is 0 Å². The molecule has 1 N–H and O–H groups in total. The molecule has 0 spiro atoms. The number of aromatic nitrogens is 1. The lowest BCUT2D eigenvalue weighted by Crippen LogP contribution is -2.13. The Kier molecular flexibility index (Phi) is 4.29. The van der Waals surface area contributed by atoms with Crippen LogP contribution in [0.15, 0.2) is 66.7 Å². The predicted molar refractivity (Wildman–Crippen MR) is 73.7 cm³/mol. The second kappa shape index (κ2) is 6.35. The highest BCUT2D eigenvalue weighted by Gasteiger charge is 2.05. The standard InChI is InChI=1S/C15H14N2O2/c1-12(11-19-14-7-3-2-4-8-14)15(18)17-13-6-5-9-16-10-13/h2-11H,1H3,(H,17,18)/b12-11+. The van der Waals surface area contributed by atoms with Gasteiger partial charge in [0.15, 0.2) is 0 Å². The minimum atomic E-state index is -0.219. The molecule has 0 unspecified atom stereocenters. The first-order valence-corrected chi connectivity index (χ1v) is 5.85. The molecule has 0 radical (unpaired) electrons. The van der Waals surface area contributed by atoms with E-state index in [0.29, 0.717) is 17.0 Å². The van der Waals surface area contributed by atoms with Crippen molar-refractivity contribution in [3.05, 3.63) is 66.7 Å². The number of carbonyl (C=O) groups excluding carboxylic acids is 1. The van der Waals surface area contributed by atoms with Crippen LogP contribution < -0.4 is 10.1 Å². The van der Waals surface area contributed by atoms with Gasteiger partial charge in [-0.25, -0.2) is 0 Å². The van der Waals surface area contributed by atoms with Gasteiger partial charge in [-0.15, -0.1) is 0 Å². The van der Waals surface area contributed by atoms with Crippen molar-refractivity contribution in [2.24, 2.45) is 0 Å². The molecule has 0 bridgehead atoms. The third-order valence-corrected chi connectivity index (χ3v) is 2.39. The molecule has 0 saturated heterocycles. The number of amides is 1. The van der Waals surface area contributed by atoms with E-state index in [9.17, 15) is 4.79 Å². The molecular weight excluding hydrogens is 240 g/mol. The van der Waals surface area contributed by atoms with Gasteiger partial charge in [0.2, 0.25) is 0 Å². The molecule has 0 aliphatic rings. The van der Waals surface area contributed by atoms with Crippen LogP contribution in [-0.4, -0.2) is 10.9 Å². The first-order chi connectivity index (χ1) is 9.25.